The fourth-order valence-electron chi connectivity index (χ4n) is 1.66. The van der Waals surface area contributed by atoms with Gasteiger partial charge >= 0.3 is 0 Å². The first-order chi connectivity index (χ1) is 9.38. The van der Waals surface area contributed by atoms with Crippen molar-refractivity contribution in [3.63, 3.8) is 0 Å². The molecule has 0 aliphatic carbocycles. The minimum atomic E-state index is -0.698. The van der Waals surface area contributed by atoms with Crippen LogP contribution in [-0.4, -0.2) is 11.0 Å². The van der Waals surface area contributed by atoms with Crippen LogP contribution in [0, 0.1) is 12.7 Å². The number of phenolic OH excluding ortho intramolecular Hbond substituents is 1. The second-order valence-electron chi connectivity index (χ2n) is 4.22. The van der Waals surface area contributed by atoms with Gasteiger partial charge in [0.05, 0.1) is 16.3 Å². The van der Waals surface area contributed by atoms with Crippen LogP contribution >= 0.6 is 23.2 Å². The number of benzene rings is 2. The Balaban J connectivity index is 2.32. The number of hydrogen-bond acceptors (Lipinski definition) is 2. The molecule has 0 aliphatic rings. The molecule has 2 aromatic rings. The number of carbonyl (C=O) groups is 1. The van der Waals surface area contributed by atoms with Crippen molar-refractivity contribution in [1.82, 2.24) is 0 Å². The van der Waals surface area contributed by atoms with Crippen molar-refractivity contribution in [2.75, 3.05) is 5.32 Å². The maximum Gasteiger partial charge on any atom is 0.258 e. The smallest absolute Gasteiger partial charge is 0.258 e. The minimum Gasteiger partial charge on any atom is -0.504 e. The van der Waals surface area contributed by atoms with Gasteiger partial charge in [0.2, 0.25) is 0 Å². The second kappa shape index (κ2) is 5.69. The molecule has 2 aromatic carbocycles. The van der Waals surface area contributed by atoms with E-state index in [0.29, 0.717) is 5.56 Å². The normalized spacial score (nSPS) is 10.4. The fourth-order valence-corrected chi connectivity index (χ4v) is 2.15. The molecule has 0 aliphatic heterocycles. The van der Waals surface area contributed by atoms with Gasteiger partial charge in [-0.25, -0.2) is 4.39 Å². The van der Waals surface area contributed by atoms with E-state index in [4.69, 9.17) is 23.2 Å². The maximum atomic E-state index is 13.7. The predicted molar refractivity (Wildman–Crippen MR) is 77.2 cm³/mol. The van der Waals surface area contributed by atoms with Gasteiger partial charge in [0.1, 0.15) is 5.82 Å². The van der Waals surface area contributed by atoms with Crippen LogP contribution in [0.2, 0.25) is 10.0 Å². The Labute approximate surface area is 124 Å². The Hall–Kier alpha value is -1.78. The lowest BCUT2D eigenvalue weighted by Crippen LogP contribution is -2.14. The zero-order chi connectivity index (χ0) is 14.9. The molecule has 2 rings (SSSR count). The summed E-state index contributed by atoms with van der Waals surface area (Å²) < 4.78 is 13.7. The molecular weight excluding hydrogens is 304 g/mol. The Morgan fingerprint density at radius 1 is 1.25 bits per heavy atom. The van der Waals surface area contributed by atoms with Crippen LogP contribution < -0.4 is 5.32 Å². The highest BCUT2D eigenvalue weighted by Gasteiger charge is 2.15. The molecule has 3 nitrogen and oxygen atoms in total. The van der Waals surface area contributed by atoms with E-state index in [-0.39, 0.29) is 27.0 Å². The van der Waals surface area contributed by atoms with E-state index >= 15 is 0 Å². The molecule has 0 aromatic heterocycles. The molecule has 2 N–H and O–H groups in total. The van der Waals surface area contributed by atoms with Crippen molar-refractivity contribution in [2.45, 2.75) is 6.92 Å². The quantitative estimate of drug-likeness (QED) is 0.807. The summed E-state index contributed by atoms with van der Waals surface area (Å²) in [7, 11) is 0. The van der Waals surface area contributed by atoms with Crippen LogP contribution in [0.5, 0.6) is 5.75 Å². The topological polar surface area (TPSA) is 49.3 Å². The molecule has 0 saturated carbocycles. The summed E-state index contributed by atoms with van der Waals surface area (Å²) in [4.78, 5) is 12.0. The Morgan fingerprint density at radius 2 is 1.95 bits per heavy atom. The highest BCUT2D eigenvalue weighted by Crippen LogP contribution is 2.35. The van der Waals surface area contributed by atoms with Crippen LogP contribution in [0.25, 0.3) is 0 Å². The van der Waals surface area contributed by atoms with Gasteiger partial charge in [0, 0.05) is 5.02 Å². The number of nitrogens with one attached hydrogen (secondary N) is 1. The monoisotopic (exact) mass is 313 g/mol. The van der Waals surface area contributed by atoms with Crippen molar-refractivity contribution in [1.29, 1.82) is 0 Å². The van der Waals surface area contributed by atoms with Crippen LogP contribution in [0.3, 0.4) is 0 Å². The molecule has 0 spiro atoms. The summed E-state index contributed by atoms with van der Waals surface area (Å²) in [6.07, 6.45) is 0. The first-order valence-corrected chi connectivity index (χ1v) is 6.39. The van der Waals surface area contributed by atoms with E-state index in [0.717, 1.165) is 0 Å². The summed E-state index contributed by atoms with van der Waals surface area (Å²) in [6.45, 7) is 1.72. The minimum absolute atomic E-state index is 0.00261. The lowest BCUT2D eigenvalue weighted by molar-refractivity contribution is 0.102. The summed E-state index contributed by atoms with van der Waals surface area (Å²) in [6, 6.07) is 6.89. The van der Waals surface area contributed by atoms with E-state index in [1.165, 1.54) is 24.3 Å². The number of phenols is 1. The van der Waals surface area contributed by atoms with Gasteiger partial charge in [-0.15, -0.1) is 0 Å². The average Bonchev–Trinajstić information content (AvgIpc) is 2.35. The maximum absolute atomic E-state index is 13.7. The van der Waals surface area contributed by atoms with Gasteiger partial charge in [-0.3, -0.25) is 4.79 Å². The SMILES string of the molecule is Cc1ccc(C(=O)Nc2cc(Cl)cc(Cl)c2O)c(F)c1. The first kappa shape index (κ1) is 14.6. The molecular formula is C14H10Cl2FNO2. The third kappa shape index (κ3) is 3.03. The van der Waals surface area contributed by atoms with E-state index in [1.54, 1.807) is 13.0 Å². The van der Waals surface area contributed by atoms with E-state index in [9.17, 15) is 14.3 Å². The molecule has 0 heterocycles. The number of halogens is 3. The van der Waals surface area contributed by atoms with Crippen LogP contribution in [0.1, 0.15) is 15.9 Å². The number of amides is 1. The van der Waals surface area contributed by atoms with Crippen molar-refractivity contribution in [2.24, 2.45) is 0 Å². The molecule has 0 radical (unpaired) electrons. The lowest BCUT2D eigenvalue weighted by atomic mass is 10.1. The van der Waals surface area contributed by atoms with Crippen LogP contribution in [0.15, 0.2) is 30.3 Å². The number of aryl methyl sites for hydroxylation is 1. The van der Waals surface area contributed by atoms with Crippen molar-refractivity contribution >= 4 is 34.8 Å². The standard InChI is InChI=1S/C14H10Cl2FNO2/c1-7-2-3-9(11(17)4-7)14(20)18-12-6-8(15)5-10(16)13(12)19/h2-6,19H,1H3,(H,18,20). The number of carbonyl (C=O) groups excluding carboxylic acids is 1. The van der Waals surface area contributed by atoms with Crippen molar-refractivity contribution < 1.29 is 14.3 Å². The zero-order valence-electron chi connectivity index (χ0n) is 10.4. The van der Waals surface area contributed by atoms with E-state index in [2.05, 4.69) is 5.32 Å². The van der Waals surface area contributed by atoms with Gasteiger partial charge in [-0.1, -0.05) is 29.3 Å². The Kier molecular flexibility index (Phi) is 4.16. The molecule has 6 heteroatoms. The Morgan fingerprint density at radius 3 is 2.60 bits per heavy atom. The third-order valence-electron chi connectivity index (χ3n) is 2.65. The highest BCUT2D eigenvalue weighted by molar-refractivity contribution is 6.36. The molecule has 0 fully saturated rings. The van der Waals surface area contributed by atoms with Gasteiger partial charge in [0.25, 0.3) is 5.91 Å². The number of aromatic hydroxyl groups is 1. The van der Waals surface area contributed by atoms with Gasteiger partial charge in [-0.05, 0) is 36.8 Å². The van der Waals surface area contributed by atoms with E-state index < -0.39 is 11.7 Å². The molecule has 0 atom stereocenters. The third-order valence-corrected chi connectivity index (χ3v) is 3.15. The predicted octanol–water partition coefficient (Wildman–Crippen LogP) is 4.40. The molecule has 0 unspecified atom stereocenters. The summed E-state index contributed by atoms with van der Waals surface area (Å²) in [5.74, 6) is -1.66. The first-order valence-electron chi connectivity index (χ1n) is 5.64. The zero-order valence-corrected chi connectivity index (χ0v) is 11.9. The number of hydrogen-bond donors (Lipinski definition) is 2. The molecule has 1 amide bonds. The van der Waals surface area contributed by atoms with Gasteiger partial charge in [0.15, 0.2) is 5.75 Å². The highest BCUT2D eigenvalue weighted by atomic mass is 35.5. The van der Waals surface area contributed by atoms with Crippen LogP contribution in [-0.2, 0) is 0 Å². The van der Waals surface area contributed by atoms with E-state index in [1.807, 2.05) is 0 Å². The average molecular weight is 314 g/mol. The summed E-state index contributed by atoms with van der Waals surface area (Å²) in [5, 5.41) is 12.3. The molecule has 0 saturated heterocycles. The summed E-state index contributed by atoms with van der Waals surface area (Å²) in [5.41, 5.74) is 0.589. The fraction of sp³-hybridized carbons (Fsp3) is 0.0714. The molecule has 20 heavy (non-hydrogen) atoms. The van der Waals surface area contributed by atoms with Crippen LogP contribution in [0.4, 0.5) is 10.1 Å². The lowest BCUT2D eigenvalue weighted by Gasteiger charge is -2.10. The van der Waals surface area contributed by atoms with Crippen molar-refractivity contribution in [3.8, 4) is 5.75 Å². The summed E-state index contributed by atoms with van der Waals surface area (Å²) >= 11 is 11.5. The second-order valence-corrected chi connectivity index (χ2v) is 5.06. The number of anilines is 1. The number of rotatable bonds is 2. The van der Waals surface area contributed by atoms with Gasteiger partial charge in [-0.2, -0.15) is 0 Å². The Bertz CT molecular complexity index is 689. The van der Waals surface area contributed by atoms with Crippen molar-refractivity contribution in [3.05, 3.63) is 57.3 Å². The molecule has 0 bridgehead atoms. The molecule has 104 valence electrons. The van der Waals surface area contributed by atoms with Gasteiger partial charge < -0.3 is 10.4 Å². The largest absolute Gasteiger partial charge is 0.504 e.